The summed E-state index contributed by atoms with van der Waals surface area (Å²) in [5.41, 5.74) is 8.61. The van der Waals surface area contributed by atoms with Crippen molar-refractivity contribution in [2.24, 2.45) is 11.1 Å². The number of carboxylic acid groups (broad SMARTS) is 1. The molecular formula is C15H19NO2. The fraction of sp³-hybridized carbons (Fsp3) is 0.533. The van der Waals surface area contributed by atoms with Crippen molar-refractivity contribution in [3.63, 3.8) is 0 Å². The quantitative estimate of drug-likeness (QED) is 0.853. The van der Waals surface area contributed by atoms with Gasteiger partial charge in [0.25, 0.3) is 0 Å². The number of carboxylic acids is 1. The highest BCUT2D eigenvalue weighted by Crippen LogP contribution is 2.74. The molecule has 1 unspecified atom stereocenters. The molecule has 0 radical (unpaired) electrons. The molecule has 3 fully saturated rings. The highest BCUT2D eigenvalue weighted by Gasteiger charge is 2.71. The van der Waals surface area contributed by atoms with Gasteiger partial charge in [-0.3, -0.25) is 4.79 Å². The maximum Gasteiger partial charge on any atom is 0.321 e. The van der Waals surface area contributed by atoms with E-state index in [4.69, 9.17) is 10.8 Å². The predicted molar refractivity (Wildman–Crippen MR) is 69.4 cm³/mol. The van der Waals surface area contributed by atoms with Gasteiger partial charge in [-0.05, 0) is 47.6 Å². The number of hydrogen-bond acceptors (Lipinski definition) is 2. The lowest BCUT2D eigenvalue weighted by Gasteiger charge is -2.72. The summed E-state index contributed by atoms with van der Waals surface area (Å²) in [6.45, 7) is 2.15. The summed E-state index contributed by atoms with van der Waals surface area (Å²) in [6.07, 6.45) is 3.89. The molecule has 0 saturated heterocycles. The molecule has 0 amide bonds. The van der Waals surface area contributed by atoms with E-state index >= 15 is 0 Å². The summed E-state index contributed by atoms with van der Waals surface area (Å²) in [5.74, 6) is -0.857. The van der Waals surface area contributed by atoms with Crippen molar-refractivity contribution in [3.05, 3.63) is 35.4 Å². The van der Waals surface area contributed by atoms with Gasteiger partial charge >= 0.3 is 5.97 Å². The fourth-order valence-electron chi connectivity index (χ4n) is 3.86. The first kappa shape index (κ1) is 11.7. The Kier molecular flexibility index (Phi) is 2.33. The van der Waals surface area contributed by atoms with Gasteiger partial charge < -0.3 is 10.8 Å². The molecule has 0 aliphatic heterocycles. The number of aliphatic carboxylic acids is 1. The van der Waals surface area contributed by atoms with E-state index in [0.29, 0.717) is 0 Å². The SMILES string of the molecule is CCc1ccc(C23CC(C(N)C(=O)O)(C2)C3)cc1. The first-order chi connectivity index (χ1) is 8.51. The minimum atomic E-state index is -0.857. The Bertz CT molecular complexity index is 472. The number of aryl methyl sites for hydroxylation is 1. The maximum absolute atomic E-state index is 11.0. The van der Waals surface area contributed by atoms with Crippen molar-refractivity contribution < 1.29 is 9.90 Å². The molecule has 3 aliphatic carbocycles. The average molecular weight is 245 g/mol. The molecule has 18 heavy (non-hydrogen) atoms. The number of rotatable bonds is 4. The summed E-state index contributed by atoms with van der Waals surface area (Å²) >= 11 is 0. The largest absolute Gasteiger partial charge is 0.480 e. The Balaban J connectivity index is 1.73. The van der Waals surface area contributed by atoms with E-state index in [1.54, 1.807) is 0 Å². The van der Waals surface area contributed by atoms with Crippen LogP contribution in [-0.2, 0) is 16.6 Å². The van der Waals surface area contributed by atoms with Gasteiger partial charge in [0.05, 0.1) is 0 Å². The van der Waals surface area contributed by atoms with Crippen molar-refractivity contribution in [1.29, 1.82) is 0 Å². The van der Waals surface area contributed by atoms with E-state index < -0.39 is 12.0 Å². The minimum Gasteiger partial charge on any atom is -0.480 e. The predicted octanol–water partition coefficient (Wildman–Crippen LogP) is 2.08. The van der Waals surface area contributed by atoms with Crippen LogP contribution in [-0.4, -0.2) is 17.1 Å². The lowest BCUT2D eigenvalue weighted by atomic mass is 9.31. The first-order valence-electron chi connectivity index (χ1n) is 6.59. The molecule has 3 N–H and O–H groups in total. The van der Waals surface area contributed by atoms with Gasteiger partial charge in [-0.25, -0.2) is 0 Å². The summed E-state index contributed by atoms with van der Waals surface area (Å²) in [7, 11) is 0. The molecule has 96 valence electrons. The Morgan fingerprint density at radius 1 is 1.33 bits per heavy atom. The van der Waals surface area contributed by atoms with Crippen LogP contribution in [0.15, 0.2) is 24.3 Å². The Morgan fingerprint density at radius 3 is 2.33 bits per heavy atom. The van der Waals surface area contributed by atoms with E-state index in [1.807, 2.05) is 0 Å². The second-order valence-electron chi connectivity index (χ2n) is 6.04. The van der Waals surface area contributed by atoms with Crippen LogP contribution in [0.4, 0.5) is 0 Å². The summed E-state index contributed by atoms with van der Waals surface area (Å²) in [4.78, 5) is 11.0. The monoisotopic (exact) mass is 245 g/mol. The van der Waals surface area contributed by atoms with Crippen molar-refractivity contribution in [2.75, 3.05) is 0 Å². The van der Waals surface area contributed by atoms with Gasteiger partial charge in [-0.15, -0.1) is 0 Å². The zero-order valence-corrected chi connectivity index (χ0v) is 10.6. The summed E-state index contributed by atoms with van der Waals surface area (Å²) < 4.78 is 0. The van der Waals surface area contributed by atoms with Gasteiger partial charge in [0.15, 0.2) is 0 Å². The molecule has 4 rings (SSSR count). The molecular weight excluding hydrogens is 226 g/mol. The van der Waals surface area contributed by atoms with Crippen LogP contribution < -0.4 is 5.73 Å². The van der Waals surface area contributed by atoms with Crippen LogP contribution in [0.3, 0.4) is 0 Å². The first-order valence-corrected chi connectivity index (χ1v) is 6.59. The molecule has 0 heterocycles. The maximum atomic E-state index is 11.0. The molecule has 0 aromatic heterocycles. The van der Waals surface area contributed by atoms with Crippen LogP contribution in [0.1, 0.15) is 37.3 Å². The molecule has 3 saturated carbocycles. The molecule has 3 nitrogen and oxygen atoms in total. The zero-order chi connectivity index (χ0) is 13.0. The van der Waals surface area contributed by atoms with Crippen LogP contribution in [0.25, 0.3) is 0 Å². The smallest absolute Gasteiger partial charge is 0.321 e. The summed E-state index contributed by atoms with van der Waals surface area (Å²) in [5, 5.41) is 9.01. The number of hydrogen-bond donors (Lipinski definition) is 2. The van der Waals surface area contributed by atoms with Crippen LogP contribution >= 0.6 is 0 Å². The van der Waals surface area contributed by atoms with Gasteiger partial charge in [0.1, 0.15) is 6.04 Å². The topological polar surface area (TPSA) is 63.3 Å². The Morgan fingerprint density at radius 2 is 1.89 bits per heavy atom. The van der Waals surface area contributed by atoms with Crippen LogP contribution in [0.5, 0.6) is 0 Å². The van der Waals surface area contributed by atoms with Crippen molar-refractivity contribution >= 4 is 5.97 Å². The minimum absolute atomic E-state index is 0.116. The van der Waals surface area contributed by atoms with Crippen molar-refractivity contribution in [3.8, 4) is 0 Å². The van der Waals surface area contributed by atoms with Crippen LogP contribution in [0.2, 0.25) is 0 Å². The highest BCUT2D eigenvalue weighted by molar-refractivity contribution is 5.75. The number of nitrogens with two attached hydrogens (primary N) is 1. The second-order valence-corrected chi connectivity index (χ2v) is 6.04. The number of benzene rings is 1. The van der Waals surface area contributed by atoms with E-state index in [9.17, 15) is 4.79 Å². The Hall–Kier alpha value is -1.35. The van der Waals surface area contributed by atoms with Crippen LogP contribution in [0, 0.1) is 5.41 Å². The molecule has 1 aromatic rings. The second kappa shape index (κ2) is 3.58. The summed E-state index contributed by atoms with van der Waals surface area (Å²) in [6, 6.07) is 8.08. The standard InChI is InChI=1S/C15H19NO2/c1-2-10-3-5-11(6-4-10)14-7-15(8-14,9-14)12(16)13(17)18/h3-6,12H,2,7-9,16H2,1H3,(H,17,18). The van der Waals surface area contributed by atoms with Gasteiger partial charge in [-0.2, -0.15) is 0 Å². The Labute approximate surface area is 107 Å². The van der Waals surface area contributed by atoms with Gasteiger partial charge in [0.2, 0.25) is 0 Å². The third-order valence-corrected chi connectivity index (χ3v) is 4.97. The average Bonchev–Trinajstić information content (AvgIpc) is 2.26. The van der Waals surface area contributed by atoms with E-state index in [2.05, 4.69) is 31.2 Å². The van der Waals surface area contributed by atoms with Crippen molar-refractivity contribution in [2.45, 2.75) is 44.1 Å². The molecule has 1 atom stereocenters. The molecule has 0 spiro atoms. The lowest BCUT2D eigenvalue weighted by molar-refractivity contribution is -0.178. The van der Waals surface area contributed by atoms with E-state index in [1.165, 1.54) is 11.1 Å². The fourth-order valence-corrected chi connectivity index (χ4v) is 3.86. The molecule has 3 aliphatic rings. The third-order valence-electron chi connectivity index (χ3n) is 4.97. The van der Waals surface area contributed by atoms with E-state index in [-0.39, 0.29) is 10.8 Å². The van der Waals surface area contributed by atoms with Gasteiger partial charge in [0, 0.05) is 0 Å². The third kappa shape index (κ3) is 1.37. The molecule has 1 aromatic carbocycles. The van der Waals surface area contributed by atoms with E-state index in [0.717, 1.165) is 25.7 Å². The lowest BCUT2D eigenvalue weighted by Crippen LogP contribution is -2.72. The van der Waals surface area contributed by atoms with Gasteiger partial charge in [-0.1, -0.05) is 31.2 Å². The van der Waals surface area contributed by atoms with Crippen molar-refractivity contribution in [1.82, 2.24) is 0 Å². The normalized spacial score (nSPS) is 34.3. The molecule has 2 bridgehead atoms. The highest BCUT2D eigenvalue weighted by atomic mass is 16.4. The molecule has 3 heteroatoms. The number of carbonyl (C=O) groups is 1. The zero-order valence-electron chi connectivity index (χ0n) is 10.6.